The molecule has 0 heterocycles. The van der Waals surface area contributed by atoms with E-state index in [1.807, 2.05) is 0 Å². The Morgan fingerprint density at radius 2 is 1.83 bits per heavy atom. The summed E-state index contributed by atoms with van der Waals surface area (Å²) < 4.78 is 32.6. The molecular formula is C9H5N4NaO3S. The minimum Gasteiger partial charge on any atom is -0.744 e. The molecule has 0 aliphatic carbocycles. The maximum Gasteiger partial charge on any atom is 1.00 e. The van der Waals surface area contributed by atoms with Crippen molar-refractivity contribution in [2.75, 3.05) is 5.43 Å². The summed E-state index contributed by atoms with van der Waals surface area (Å²) in [6.07, 6.45) is 0. The van der Waals surface area contributed by atoms with Crippen LogP contribution in [0, 0.1) is 22.7 Å². The van der Waals surface area contributed by atoms with Crippen LogP contribution < -0.4 is 35.0 Å². The van der Waals surface area contributed by atoms with Crippen LogP contribution in [0.4, 0.5) is 5.69 Å². The normalized spacial score (nSPS) is 9.28. The largest absolute Gasteiger partial charge is 1.00 e. The Kier molecular flexibility index (Phi) is 6.55. The van der Waals surface area contributed by atoms with E-state index in [4.69, 9.17) is 10.5 Å². The molecule has 0 amide bonds. The monoisotopic (exact) mass is 272 g/mol. The first kappa shape index (κ1) is 16.6. The molecule has 0 spiro atoms. The van der Waals surface area contributed by atoms with Crippen molar-refractivity contribution < 1.29 is 42.5 Å². The van der Waals surface area contributed by atoms with Gasteiger partial charge in [0, 0.05) is 0 Å². The molecule has 0 radical (unpaired) electrons. The molecule has 1 aromatic rings. The minimum absolute atomic E-state index is 0. The summed E-state index contributed by atoms with van der Waals surface area (Å²) in [6, 6.07) is 8.19. The summed E-state index contributed by atoms with van der Waals surface area (Å²) in [5, 5.41) is 20.2. The van der Waals surface area contributed by atoms with Crippen molar-refractivity contribution >= 4 is 21.5 Å². The second kappa shape index (κ2) is 7.11. The zero-order chi connectivity index (χ0) is 12.9. The predicted octanol–water partition coefficient (Wildman–Crippen LogP) is -2.59. The number of anilines is 1. The number of rotatable bonds is 3. The topological polar surface area (TPSA) is 129 Å². The van der Waals surface area contributed by atoms with Gasteiger partial charge in [-0.05, 0) is 12.1 Å². The minimum atomic E-state index is -4.64. The van der Waals surface area contributed by atoms with Crippen LogP contribution in [-0.2, 0) is 10.1 Å². The van der Waals surface area contributed by atoms with Crippen molar-refractivity contribution in [3.63, 3.8) is 0 Å². The van der Waals surface area contributed by atoms with Gasteiger partial charge in [0.2, 0.25) is 5.71 Å². The summed E-state index contributed by atoms with van der Waals surface area (Å²) in [5.41, 5.74) is 1.61. The van der Waals surface area contributed by atoms with Crippen LogP contribution in [0.5, 0.6) is 0 Å². The molecule has 0 aliphatic heterocycles. The van der Waals surface area contributed by atoms with E-state index in [0.29, 0.717) is 0 Å². The van der Waals surface area contributed by atoms with Crippen LogP contribution in [0.3, 0.4) is 0 Å². The van der Waals surface area contributed by atoms with Crippen molar-refractivity contribution in [3.05, 3.63) is 24.3 Å². The Bertz CT molecular complexity index is 627. The van der Waals surface area contributed by atoms with E-state index in [-0.39, 0.29) is 35.2 Å². The van der Waals surface area contributed by atoms with Crippen LogP contribution in [0.15, 0.2) is 34.3 Å². The molecule has 9 heteroatoms. The Morgan fingerprint density at radius 1 is 1.28 bits per heavy atom. The fourth-order valence-corrected chi connectivity index (χ4v) is 1.60. The summed E-state index contributed by atoms with van der Waals surface area (Å²) in [5.74, 6) is 0. The van der Waals surface area contributed by atoms with Crippen molar-refractivity contribution in [1.29, 1.82) is 10.5 Å². The molecule has 1 N–H and O–H groups in total. The van der Waals surface area contributed by atoms with Crippen molar-refractivity contribution in [1.82, 2.24) is 0 Å². The third-order valence-electron chi connectivity index (χ3n) is 1.66. The summed E-state index contributed by atoms with van der Waals surface area (Å²) in [4.78, 5) is -0.501. The molecule has 0 atom stereocenters. The Morgan fingerprint density at radius 3 is 2.33 bits per heavy atom. The Hall–Kier alpha value is -1.42. The molecule has 0 fully saturated rings. The zero-order valence-corrected chi connectivity index (χ0v) is 12.1. The van der Waals surface area contributed by atoms with E-state index in [1.165, 1.54) is 30.3 Å². The van der Waals surface area contributed by atoms with Crippen LogP contribution in [0.1, 0.15) is 0 Å². The van der Waals surface area contributed by atoms with Gasteiger partial charge in [0.15, 0.2) is 0 Å². The molecule has 0 aliphatic rings. The summed E-state index contributed by atoms with van der Waals surface area (Å²) in [6.45, 7) is 0. The van der Waals surface area contributed by atoms with Gasteiger partial charge in [-0.1, -0.05) is 12.1 Å². The van der Waals surface area contributed by atoms with Gasteiger partial charge >= 0.3 is 29.6 Å². The van der Waals surface area contributed by atoms with Gasteiger partial charge in [-0.15, -0.1) is 0 Å². The fraction of sp³-hybridized carbons (Fsp3) is 0. The predicted molar refractivity (Wildman–Crippen MR) is 56.7 cm³/mol. The molecule has 1 rings (SSSR count). The molecule has 0 unspecified atom stereocenters. The first-order chi connectivity index (χ1) is 7.99. The molecular weight excluding hydrogens is 267 g/mol. The number of nitrogens with zero attached hydrogens (tertiary/aromatic N) is 3. The molecule has 0 bridgehead atoms. The first-order valence-corrected chi connectivity index (χ1v) is 5.58. The standard InChI is InChI=1S/C9H6N4O3S.Na/c10-5-7(6-11)12-13-8-3-1-2-4-9(8)17(14,15)16;/h1-4,13H,(H,14,15,16);/q;+1/p-1. The smallest absolute Gasteiger partial charge is 0.744 e. The maximum absolute atomic E-state index is 10.9. The summed E-state index contributed by atoms with van der Waals surface area (Å²) in [7, 11) is -4.64. The first-order valence-electron chi connectivity index (χ1n) is 4.18. The number of hydrogen-bond donors (Lipinski definition) is 1. The fourth-order valence-electron chi connectivity index (χ4n) is 0.968. The molecule has 1 aromatic carbocycles. The number of benzene rings is 1. The number of nitriles is 2. The van der Waals surface area contributed by atoms with Crippen LogP contribution in [-0.4, -0.2) is 18.7 Å². The second-order valence-electron chi connectivity index (χ2n) is 2.75. The Balaban J connectivity index is 0.00000289. The van der Waals surface area contributed by atoms with Gasteiger partial charge < -0.3 is 4.55 Å². The summed E-state index contributed by atoms with van der Waals surface area (Å²) >= 11 is 0. The van der Waals surface area contributed by atoms with Gasteiger partial charge in [-0.25, -0.2) is 8.42 Å². The molecule has 0 saturated carbocycles. The molecule has 18 heavy (non-hydrogen) atoms. The average Bonchev–Trinajstić information content (AvgIpc) is 2.29. The van der Waals surface area contributed by atoms with Gasteiger partial charge in [0.25, 0.3) is 0 Å². The third-order valence-corrected chi connectivity index (χ3v) is 2.55. The van der Waals surface area contributed by atoms with E-state index in [9.17, 15) is 13.0 Å². The van der Waals surface area contributed by atoms with Crippen molar-refractivity contribution in [2.45, 2.75) is 4.90 Å². The van der Waals surface area contributed by atoms with Crippen LogP contribution >= 0.6 is 0 Å². The number of para-hydroxylation sites is 1. The molecule has 7 nitrogen and oxygen atoms in total. The van der Waals surface area contributed by atoms with E-state index >= 15 is 0 Å². The van der Waals surface area contributed by atoms with E-state index in [2.05, 4.69) is 10.5 Å². The maximum atomic E-state index is 10.9. The van der Waals surface area contributed by atoms with E-state index in [1.54, 1.807) is 0 Å². The van der Waals surface area contributed by atoms with Gasteiger partial charge in [-0.2, -0.15) is 15.6 Å². The molecule has 86 valence electrons. The van der Waals surface area contributed by atoms with Crippen molar-refractivity contribution in [2.24, 2.45) is 5.10 Å². The van der Waals surface area contributed by atoms with E-state index in [0.717, 1.165) is 6.07 Å². The number of hydrogen-bond acceptors (Lipinski definition) is 7. The quantitative estimate of drug-likeness (QED) is 0.278. The third kappa shape index (κ3) is 4.45. The zero-order valence-electron chi connectivity index (χ0n) is 9.28. The average molecular weight is 272 g/mol. The SMILES string of the molecule is N#CC(C#N)=NNc1ccccc1S(=O)(=O)[O-].[Na+]. The number of nitrogens with one attached hydrogen (secondary N) is 1. The number of hydrazone groups is 1. The van der Waals surface area contributed by atoms with Crippen LogP contribution in [0.2, 0.25) is 0 Å². The Labute approximate surface area is 126 Å². The van der Waals surface area contributed by atoms with E-state index < -0.39 is 20.7 Å². The molecule has 0 saturated heterocycles. The molecule has 0 aromatic heterocycles. The van der Waals surface area contributed by atoms with Gasteiger partial charge in [-0.3, -0.25) is 5.43 Å². The van der Waals surface area contributed by atoms with Gasteiger partial charge in [0.1, 0.15) is 22.3 Å². The van der Waals surface area contributed by atoms with Crippen molar-refractivity contribution in [3.8, 4) is 12.1 Å². The van der Waals surface area contributed by atoms with Gasteiger partial charge in [0.05, 0.1) is 10.6 Å². The van der Waals surface area contributed by atoms with Crippen LogP contribution in [0.25, 0.3) is 0 Å². The second-order valence-corrected chi connectivity index (χ2v) is 4.09.